The van der Waals surface area contributed by atoms with E-state index in [9.17, 15) is 0 Å². The van der Waals surface area contributed by atoms with E-state index in [1.807, 2.05) is 18.7 Å². The molecule has 0 unspecified atom stereocenters. The van der Waals surface area contributed by atoms with Gasteiger partial charge in [-0.25, -0.2) is 0 Å². The van der Waals surface area contributed by atoms with Crippen LogP contribution in [-0.4, -0.2) is 26.3 Å². The molecule has 5 heteroatoms. The van der Waals surface area contributed by atoms with Crippen LogP contribution in [-0.2, 0) is 0 Å². The number of benzene rings is 1. The molecule has 0 spiro atoms. The first kappa shape index (κ1) is 17.6. The van der Waals surface area contributed by atoms with Gasteiger partial charge in [0, 0.05) is 41.9 Å². The number of pyridine rings is 1. The quantitative estimate of drug-likeness (QED) is 0.591. The van der Waals surface area contributed by atoms with E-state index in [0.717, 1.165) is 17.9 Å². The number of aromatic nitrogens is 4. The Labute approximate surface area is 176 Å². The normalized spacial score (nSPS) is 19.3. The third-order valence-electron chi connectivity index (χ3n) is 6.60. The fourth-order valence-corrected chi connectivity index (χ4v) is 4.53. The van der Waals surface area contributed by atoms with Gasteiger partial charge in [-0.3, -0.25) is 4.98 Å². The van der Waals surface area contributed by atoms with Gasteiger partial charge in [0.05, 0.1) is 0 Å². The lowest BCUT2D eigenvalue weighted by molar-refractivity contribution is 0.360. The highest BCUT2D eigenvalue weighted by molar-refractivity contribution is 5.76. The first-order valence-electron chi connectivity index (χ1n) is 11.0. The summed E-state index contributed by atoms with van der Waals surface area (Å²) in [7, 11) is 0. The standard InChI is InChI=1S/C25H25N5/c1-3-19(4-1)24-10-7-21(18-11-13-26-14-12-18)16-29(24)23-6-2-5-20(15-23)25-28-27-17-30(25)22-8-9-22/h2,5-7,10-15,17,19,22H,1,3-4,8-9,16H2. The maximum atomic E-state index is 4.44. The van der Waals surface area contributed by atoms with Crippen LogP contribution in [0.15, 0.2) is 73.0 Å². The second-order valence-corrected chi connectivity index (χ2v) is 8.58. The minimum Gasteiger partial charge on any atom is -0.340 e. The highest BCUT2D eigenvalue weighted by Gasteiger charge is 2.30. The molecule has 6 rings (SSSR count). The third-order valence-corrected chi connectivity index (χ3v) is 6.60. The SMILES string of the molecule is C1=C(c2ccncc2)CN(c2cccc(-c3nncn3C3CC3)c2)C(C2CCC2)=C1. The van der Waals surface area contributed by atoms with Crippen LogP contribution in [0.25, 0.3) is 17.0 Å². The molecule has 2 aromatic heterocycles. The number of hydrogen-bond acceptors (Lipinski definition) is 4. The summed E-state index contributed by atoms with van der Waals surface area (Å²) in [5.41, 5.74) is 6.39. The van der Waals surface area contributed by atoms with E-state index in [0.29, 0.717) is 12.0 Å². The van der Waals surface area contributed by atoms with Crippen LogP contribution in [0.5, 0.6) is 0 Å². The monoisotopic (exact) mass is 395 g/mol. The van der Waals surface area contributed by atoms with Crippen molar-refractivity contribution in [1.82, 2.24) is 19.7 Å². The molecule has 2 saturated carbocycles. The fraction of sp³-hybridized carbons (Fsp3) is 0.320. The number of nitrogens with zero attached hydrogens (tertiary/aromatic N) is 5. The molecular formula is C25H25N5. The lowest BCUT2D eigenvalue weighted by Gasteiger charge is -2.39. The third kappa shape index (κ3) is 3.15. The Bertz CT molecular complexity index is 1120. The Morgan fingerprint density at radius 2 is 1.77 bits per heavy atom. The topological polar surface area (TPSA) is 46.8 Å². The fourth-order valence-electron chi connectivity index (χ4n) is 4.53. The maximum absolute atomic E-state index is 4.44. The minimum absolute atomic E-state index is 0.570. The molecule has 0 saturated heterocycles. The average Bonchev–Trinajstić information content (AvgIpc) is 3.49. The predicted octanol–water partition coefficient (Wildman–Crippen LogP) is 5.26. The van der Waals surface area contributed by atoms with E-state index in [1.165, 1.54) is 54.6 Å². The Balaban J connectivity index is 1.37. The average molecular weight is 396 g/mol. The number of rotatable bonds is 5. The van der Waals surface area contributed by atoms with Crippen LogP contribution in [0.3, 0.4) is 0 Å². The lowest BCUT2D eigenvalue weighted by Crippen LogP contribution is -2.33. The molecule has 2 aliphatic carbocycles. The molecule has 1 aromatic carbocycles. The smallest absolute Gasteiger partial charge is 0.164 e. The van der Waals surface area contributed by atoms with Crippen molar-refractivity contribution in [2.75, 3.05) is 11.4 Å². The van der Waals surface area contributed by atoms with Crippen molar-refractivity contribution in [2.24, 2.45) is 5.92 Å². The number of allylic oxidation sites excluding steroid dienone is 3. The molecule has 3 aromatic rings. The van der Waals surface area contributed by atoms with Gasteiger partial charge in [0.25, 0.3) is 0 Å². The van der Waals surface area contributed by atoms with Crippen LogP contribution in [0.4, 0.5) is 5.69 Å². The van der Waals surface area contributed by atoms with E-state index >= 15 is 0 Å². The first-order valence-corrected chi connectivity index (χ1v) is 11.0. The second-order valence-electron chi connectivity index (χ2n) is 8.58. The molecule has 0 amide bonds. The van der Waals surface area contributed by atoms with Crippen LogP contribution < -0.4 is 4.90 Å². The molecule has 0 N–H and O–H groups in total. The molecule has 5 nitrogen and oxygen atoms in total. The summed E-state index contributed by atoms with van der Waals surface area (Å²) in [4.78, 5) is 6.68. The second kappa shape index (κ2) is 7.24. The van der Waals surface area contributed by atoms with Gasteiger partial charge in [-0.2, -0.15) is 0 Å². The summed E-state index contributed by atoms with van der Waals surface area (Å²) < 4.78 is 2.24. The molecule has 3 aliphatic rings. The molecular weight excluding hydrogens is 370 g/mol. The summed E-state index contributed by atoms with van der Waals surface area (Å²) in [6.45, 7) is 0.880. The summed E-state index contributed by atoms with van der Waals surface area (Å²) >= 11 is 0. The molecule has 1 aliphatic heterocycles. The molecule has 0 radical (unpaired) electrons. The van der Waals surface area contributed by atoms with Crippen LogP contribution >= 0.6 is 0 Å². The summed E-state index contributed by atoms with van der Waals surface area (Å²) in [6, 6.07) is 13.6. The molecule has 0 atom stereocenters. The molecule has 30 heavy (non-hydrogen) atoms. The van der Waals surface area contributed by atoms with E-state index in [2.05, 4.69) is 73.2 Å². The van der Waals surface area contributed by atoms with Crippen molar-refractivity contribution >= 4 is 11.3 Å². The Kier molecular flexibility index (Phi) is 4.25. The molecule has 0 bridgehead atoms. The number of anilines is 1. The van der Waals surface area contributed by atoms with E-state index in [4.69, 9.17) is 0 Å². The zero-order chi connectivity index (χ0) is 19.9. The van der Waals surface area contributed by atoms with Gasteiger partial charge in [0.1, 0.15) is 6.33 Å². The van der Waals surface area contributed by atoms with Gasteiger partial charge >= 0.3 is 0 Å². The van der Waals surface area contributed by atoms with Gasteiger partial charge in [0.15, 0.2) is 5.82 Å². The van der Waals surface area contributed by atoms with Crippen LogP contribution in [0.2, 0.25) is 0 Å². The van der Waals surface area contributed by atoms with Crippen molar-refractivity contribution < 1.29 is 0 Å². The van der Waals surface area contributed by atoms with E-state index in [1.54, 1.807) is 0 Å². The lowest BCUT2D eigenvalue weighted by atomic mass is 9.80. The molecule has 150 valence electrons. The zero-order valence-electron chi connectivity index (χ0n) is 17.0. The van der Waals surface area contributed by atoms with Gasteiger partial charge in [-0.15, -0.1) is 10.2 Å². The van der Waals surface area contributed by atoms with Crippen LogP contribution in [0.1, 0.15) is 43.7 Å². The Morgan fingerprint density at radius 3 is 2.53 bits per heavy atom. The minimum atomic E-state index is 0.570. The largest absolute Gasteiger partial charge is 0.340 e. The Morgan fingerprint density at radius 1 is 0.900 bits per heavy atom. The van der Waals surface area contributed by atoms with Crippen molar-refractivity contribution in [3.05, 3.63) is 78.5 Å². The van der Waals surface area contributed by atoms with Crippen molar-refractivity contribution in [3.8, 4) is 11.4 Å². The van der Waals surface area contributed by atoms with Crippen molar-refractivity contribution in [1.29, 1.82) is 0 Å². The maximum Gasteiger partial charge on any atom is 0.164 e. The predicted molar refractivity (Wildman–Crippen MR) is 119 cm³/mol. The summed E-state index contributed by atoms with van der Waals surface area (Å²) in [5, 5.41) is 8.63. The summed E-state index contributed by atoms with van der Waals surface area (Å²) in [6.07, 6.45) is 16.6. The highest BCUT2D eigenvalue weighted by Crippen LogP contribution is 2.41. The number of hydrogen-bond donors (Lipinski definition) is 0. The van der Waals surface area contributed by atoms with Crippen molar-refractivity contribution in [3.63, 3.8) is 0 Å². The van der Waals surface area contributed by atoms with Crippen LogP contribution in [0, 0.1) is 5.92 Å². The highest BCUT2D eigenvalue weighted by atomic mass is 15.3. The molecule has 2 fully saturated rings. The van der Waals surface area contributed by atoms with Gasteiger partial charge in [0.2, 0.25) is 0 Å². The van der Waals surface area contributed by atoms with Gasteiger partial charge in [-0.05, 0) is 73.1 Å². The van der Waals surface area contributed by atoms with Gasteiger partial charge < -0.3 is 9.47 Å². The summed E-state index contributed by atoms with van der Waals surface area (Å²) in [5.74, 6) is 1.65. The van der Waals surface area contributed by atoms with E-state index in [-0.39, 0.29) is 0 Å². The van der Waals surface area contributed by atoms with Gasteiger partial charge in [-0.1, -0.05) is 24.6 Å². The van der Waals surface area contributed by atoms with Crippen molar-refractivity contribution in [2.45, 2.75) is 38.1 Å². The molecule has 3 heterocycles. The van der Waals surface area contributed by atoms with E-state index < -0.39 is 0 Å². The zero-order valence-corrected chi connectivity index (χ0v) is 17.0. The Hall–Kier alpha value is -3.21. The first-order chi connectivity index (χ1) is 14.9.